The van der Waals surface area contributed by atoms with Gasteiger partial charge in [-0.05, 0) is 0 Å². The molecule has 0 saturated heterocycles. The van der Waals surface area contributed by atoms with Gasteiger partial charge in [-0.3, -0.25) is 4.79 Å². The smallest absolute Gasteiger partial charge is 0.230 e. The lowest BCUT2D eigenvalue weighted by Crippen LogP contribution is -2.26. The second-order valence-corrected chi connectivity index (χ2v) is 3.99. The van der Waals surface area contributed by atoms with E-state index >= 15 is 0 Å². The molecule has 0 fully saturated rings. The Morgan fingerprint density at radius 3 is 2.71 bits per heavy atom. The van der Waals surface area contributed by atoms with E-state index in [0.29, 0.717) is 11.7 Å². The molecule has 0 aliphatic heterocycles. The Morgan fingerprint density at radius 1 is 1.47 bits per heavy atom. The number of carbonyl (C=O) groups excluding carboxylic acids is 1. The number of hydrogen-bond acceptors (Lipinski definition) is 7. The van der Waals surface area contributed by atoms with Crippen molar-refractivity contribution in [3.63, 3.8) is 0 Å². The topological polar surface area (TPSA) is 131 Å². The Morgan fingerprint density at radius 2 is 2.12 bits per heavy atom. The molecule has 7 nitrogen and oxygen atoms in total. The van der Waals surface area contributed by atoms with Crippen LogP contribution < -0.4 is 16.8 Å². The molecule has 0 aliphatic rings. The van der Waals surface area contributed by atoms with E-state index in [2.05, 4.69) is 15.3 Å². The number of nitrogen functional groups attached to an aromatic ring is 2. The lowest BCUT2D eigenvalue weighted by atomic mass is 10.4. The number of amides is 1. The number of anilines is 2. The highest BCUT2D eigenvalue weighted by Crippen LogP contribution is 2.15. The first kappa shape index (κ1) is 13.1. The Bertz CT molecular complexity index is 423. The van der Waals surface area contributed by atoms with Gasteiger partial charge in [-0.2, -0.15) is 5.26 Å². The van der Waals surface area contributed by atoms with E-state index in [1.165, 1.54) is 6.07 Å². The summed E-state index contributed by atoms with van der Waals surface area (Å²) in [5, 5.41) is 11.2. The van der Waals surface area contributed by atoms with Crippen molar-refractivity contribution in [3.8, 4) is 6.07 Å². The van der Waals surface area contributed by atoms with Gasteiger partial charge < -0.3 is 16.8 Å². The summed E-state index contributed by atoms with van der Waals surface area (Å²) in [6.45, 7) is 0.343. The first-order chi connectivity index (χ1) is 8.11. The number of nitrogens with zero attached hydrogens (tertiary/aromatic N) is 3. The van der Waals surface area contributed by atoms with Crippen LogP contribution in [0.3, 0.4) is 0 Å². The zero-order valence-electron chi connectivity index (χ0n) is 9.01. The first-order valence-corrected chi connectivity index (χ1v) is 5.77. The monoisotopic (exact) mass is 252 g/mol. The van der Waals surface area contributed by atoms with Crippen LogP contribution in [0.25, 0.3) is 0 Å². The molecule has 0 saturated carbocycles. The molecule has 0 bridgehead atoms. The van der Waals surface area contributed by atoms with Crippen molar-refractivity contribution < 1.29 is 4.79 Å². The van der Waals surface area contributed by atoms with E-state index in [4.69, 9.17) is 16.7 Å². The number of nitrogens with one attached hydrogen (secondary N) is 1. The molecule has 1 heterocycles. The number of carbonyl (C=O) groups is 1. The van der Waals surface area contributed by atoms with Crippen LogP contribution in [0.5, 0.6) is 0 Å². The van der Waals surface area contributed by atoms with Crippen LogP contribution in [0.2, 0.25) is 0 Å². The Labute approximate surface area is 103 Å². The summed E-state index contributed by atoms with van der Waals surface area (Å²) in [5.41, 5.74) is 11.0. The maximum absolute atomic E-state index is 11.3. The largest absolute Gasteiger partial charge is 0.383 e. The maximum atomic E-state index is 11.3. The van der Waals surface area contributed by atoms with Crippen molar-refractivity contribution in [2.24, 2.45) is 0 Å². The van der Waals surface area contributed by atoms with Crippen molar-refractivity contribution in [1.29, 1.82) is 5.26 Å². The number of nitrogens with two attached hydrogens (primary N) is 2. The van der Waals surface area contributed by atoms with Gasteiger partial charge in [0.25, 0.3) is 0 Å². The molecule has 1 amide bonds. The molecule has 90 valence electrons. The zero-order valence-corrected chi connectivity index (χ0v) is 9.83. The Kier molecular flexibility index (Phi) is 5.03. The molecule has 0 radical (unpaired) electrons. The van der Waals surface area contributed by atoms with E-state index in [9.17, 15) is 4.79 Å². The fourth-order valence-corrected chi connectivity index (χ4v) is 1.67. The molecule has 0 aliphatic carbocycles. The summed E-state index contributed by atoms with van der Waals surface area (Å²) in [7, 11) is 0. The molecule has 0 atom stereocenters. The molecule has 17 heavy (non-hydrogen) atoms. The van der Waals surface area contributed by atoms with Gasteiger partial charge in [0.15, 0.2) is 5.16 Å². The highest BCUT2D eigenvalue weighted by molar-refractivity contribution is 7.99. The van der Waals surface area contributed by atoms with Gasteiger partial charge in [0, 0.05) is 12.6 Å². The molecule has 8 heteroatoms. The first-order valence-electron chi connectivity index (χ1n) is 4.78. The number of rotatable bonds is 5. The molecule has 1 aromatic rings. The van der Waals surface area contributed by atoms with Crippen LogP contribution in [0.15, 0.2) is 11.2 Å². The quantitative estimate of drug-likeness (QED) is 0.374. The second kappa shape index (κ2) is 6.55. The molecule has 1 aromatic heterocycles. The Balaban J connectivity index is 2.39. The van der Waals surface area contributed by atoms with Crippen LogP contribution in [-0.2, 0) is 4.79 Å². The van der Waals surface area contributed by atoms with Gasteiger partial charge in [0.1, 0.15) is 11.6 Å². The molecular formula is C9H12N6OS. The predicted octanol–water partition coefficient (Wildman–Crippen LogP) is -0.237. The van der Waals surface area contributed by atoms with Crippen LogP contribution in [0.1, 0.15) is 6.42 Å². The minimum absolute atomic E-state index is 0.161. The number of aromatic nitrogens is 2. The third-order valence-electron chi connectivity index (χ3n) is 1.64. The van der Waals surface area contributed by atoms with Gasteiger partial charge >= 0.3 is 0 Å². The third kappa shape index (κ3) is 5.03. The van der Waals surface area contributed by atoms with E-state index < -0.39 is 0 Å². The summed E-state index contributed by atoms with van der Waals surface area (Å²) in [6.07, 6.45) is 0.290. The van der Waals surface area contributed by atoms with Crippen LogP contribution in [0, 0.1) is 11.3 Å². The normalized spacial score (nSPS) is 9.59. The van der Waals surface area contributed by atoms with E-state index in [-0.39, 0.29) is 29.7 Å². The van der Waals surface area contributed by atoms with Gasteiger partial charge in [0.05, 0.1) is 18.2 Å². The Hall–Kier alpha value is -2.01. The summed E-state index contributed by atoms with van der Waals surface area (Å²) >= 11 is 1.14. The highest BCUT2D eigenvalue weighted by Gasteiger charge is 2.05. The molecule has 1 rings (SSSR count). The third-order valence-corrected chi connectivity index (χ3v) is 2.48. The van der Waals surface area contributed by atoms with Crippen molar-refractivity contribution in [1.82, 2.24) is 15.3 Å². The van der Waals surface area contributed by atoms with Crippen molar-refractivity contribution in [3.05, 3.63) is 6.07 Å². The number of hydrogen-bond donors (Lipinski definition) is 3. The average Bonchev–Trinajstić information content (AvgIpc) is 2.25. The lowest BCUT2D eigenvalue weighted by molar-refractivity contribution is -0.118. The molecule has 5 N–H and O–H groups in total. The fourth-order valence-electron chi connectivity index (χ4n) is 0.965. The SMILES string of the molecule is N#CCCNC(=O)CSc1nc(N)cc(N)n1. The summed E-state index contributed by atoms with van der Waals surface area (Å²) in [5.74, 6) is 0.513. The number of nitriles is 1. The lowest BCUT2D eigenvalue weighted by Gasteiger charge is -2.03. The summed E-state index contributed by atoms with van der Waals surface area (Å²) in [6, 6.07) is 3.37. The average molecular weight is 252 g/mol. The van der Waals surface area contributed by atoms with Crippen molar-refractivity contribution in [2.75, 3.05) is 23.8 Å². The minimum Gasteiger partial charge on any atom is -0.383 e. The minimum atomic E-state index is -0.185. The number of thioether (sulfide) groups is 1. The van der Waals surface area contributed by atoms with Gasteiger partial charge in [-0.15, -0.1) is 0 Å². The zero-order chi connectivity index (χ0) is 12.7. The van der Waals surface area contributed by atoms with Gasteiger partial charge in [0.2, 0.25) is 5.91 Å². The van der Waals surface area contributed by atoms with Crippen LogP contribution in [-0.4, -0.2) is 28.2 Å². The van der Waals surface area contributed by atoms with Gasteiger partial charge in [-0.25, -0.2) is 9.97 Å². The second-order valence-electron chi connectivity index (χ2n) is 3.05. The molecule has 0 unspecified atom stereocenters. The van der Waals surface area contributed by atoms with E-state index in [1.807, 2.05) is 6.07 Å². The van der Waals surface area contributed by atoms with Crippen LogP contribution >= 0.6 is 11.8 Å². The van der Waals surface area contributed by atoms with E-state index in [0.717, 1.165) is 11.8 Å². The molecular weight excluding hydrogens is 240 g/mol. The predicted molar refractivity (Wildman–Crippen MR) is 64.8 cm³/mol. The maximum Gasteiger partial charge on any atom is 0.230 e. The van der Waals surface area contributed by atoms with Crippen LogP contribution in [0.4, 0.5) is 11.6 Å². The highest BCUT2D eigenvalue weighted by atomic mass is 32.2. The van der Waals surface area contributed by atoms with Gasteiger partial charge in [-0.1, -0.05) is 11.8 Å². The van der Waals surface area contributed by atoms with Crippen molar-refractivity contribution >= 4 is 29.3 Å². The molecule has 0 spiro atoms. The fraction of sp³-hybridized carbons (Fsp3) is 0.333. The summed E-state index contributed by atoms with van der Waals surface area (Å²) < 4.78 is 0. The standard InChI is InChI=1S/C9H12N6OS/c10-2-1-3-13-8(16)5-17-9-14-6(11)4-7(12)15-9/h4H,1,3,5H2,(H,13,16)(H4,11,12,14,15). The van der Waals surface area contributed by atoms with Crippen molar-refractivity contribution in [2.45, 2.75) is 11.6 Å². The molecule has 0 aromatic carbocycles. The van der Waals surface area contributed by atoms with E-state index in [1.54, 1.807) is 0 Å². The summed E-state index contributed by atoms with van der Waals surface area (Å²) in [4.78, 5) is 19.1.